The van der Waals surface area contributed by atoms with Crippen molar-refractivity contribution in [1.82, 2.24) is 0 Å². The van der Waals surface area contributed by atoms with Gasteiger partial charge in [0.05, 0.1) is 6.54 Å². The molecule has 0 spiro atoms. The van der Waals surface area contributed by atoms with Crippen LogP contribution in [0, 0.1) is 0 Å². The highest BCUT2D eigenvalue weighted by atomic mass is 16.6. The molecular weight excluding hydrogens is 318 g/mol. The zero-order valence-electron chi connectivity index (χ0n) is 14.0. The second kappa shape index (κ2) is 6.12. The van der Waals surface area contributed by atoms with Crippen LogP contribution in [0.4, 0.5) is 21.9 Å². The number of amides is 2. The molecule has 2 aliphatic heterocycles. The van der Waals surface area contributed by atoms with Gasteiger partial charge in [0.2, 0.25) is 0 Å². The van der Waals surface area contributed by atoms with Gasteiger partial charge in [-0.1, -0.05) is 0 Å². The van der Waals surface area contributed by atoms with E-state index in [1.165, 1.54) is 11.3 Å². The molecule has 0 radical (unpaired) electrons. The summed E-state index contributed by atoms with van der Waals surface area (Å²) in [4.78, 5) is 27.8. The Morgan fingerprint density at radius 3 is 2.64 bits per heavy atom. The van der Waals surface area contributed by atoms with Crippen LogP contribution in [-0.4, -0.2) is 38.7 Å². The van der Waals surface area contributed by atoms with Gasteiger partial charge in [0.1, 0.15) is 6.61 Å². The first-order valence-electron chi connectivity index (χ1n) is 8.31. The number of carbonyl (C=O) groups excluding carboxylic acids is 2. The Kier molecular flexibility index (Phi) is 3.80. The fraction of sp³-hybridized carbons (Fsp3) is 0.263. The van der Waals surface area contributed by atoms with E-state index in [2.05, 4.69) is 17.3 Å². The molecule has 2 heterocycles. The molecule has 2 aromatic rings. The molecule has 1 saturated heterocycles. The smallest absolute Gasteiger partial charge is 0.414 e. The maximum absolute atomic E-state index is 12.4. The Morgan fingerprint density at radius 1 is 1.12 bits per heavy atom. The van der Waals surface area contributed by atoms with E-state index >= 15 is 0 Å². The summed E-state index contributed by atoms with van der Waals surface area (Å²) in [5, 5.41) is 2.94. The number of likely N-dealkylation sites (N-methyl/N-ethyl adjacent to an activating group) is 1. The highest BCUT2D eigenvalue weighted by Gasteiger charge is 2.23. The number of nitrogens with zero attached hydrogens (tertiary/aromatic N) is 2. The van der Waals surface area contributed by atoms with Crippen molar-refractivity contribution in [2.75, 3.05) is 41.9 Å². The van der Waals surface area contributed by atoms with Crippen molar-refractivity contribution < 1.29 is 14.3 Å². The van der Waals surface area contributed by atoms with Crippen LogP contribution >= 0.6 is 0 Å². The Morgan fingerprint density at radius 2 is 1.92 bits per heavy atom. The van der Waals surface area contributed by atoms with Crippen LogP contribution in [-0.2, 0) is 11.2 Å². The monoisotopic (exact) mass is 337 g/mol. The molecule has 0 bridgehead atoms. The largest absolute Gasteiger partial charge is 0.447 e. The van der Waals surface area contributed by atoms with Crippen LogP contribution in [0.1, 0.15) is 15.9 Å². The Labute approximate surface area is 146 Å². The SMILES string of the molecule is CN1CCc2cc(NC(=O)c3ccc(N4CCOC4=O)cc3)ccc21. The van der Waals surface area contributed by atoms with E-state index in [9.17, 15) is 9.59 Å². The lowest BCUT2D eigenvalue weighted by molar-refractivity contribution is 0.102. The number of benzene rings is 2. The van der Waals surface area contributed by atoms with Crippen molar-refractivity contribution in [3.63, 3.8) is 0 Å². The second-order valence-corrected chi connectivity index (χ2v) is 6.28. The van der Waals surface area contributed by atoms with E-state index < -0.39 is 0 Å². The zero-order chi connectivity index (χ0) is 17.4. The lowest BCUT2D eigenvalue weighted by Gasteiger charge is -2.14. The summed E-state index contributed by atoms with van der Waals surface area (Å²) in [6, 6.07) is 13.0. The fourth-order valence-electron chi connectivity index (χ4n) is 3.27. The van der Waals surface area contributed by atoms with Crippen molar-refractivity contribution in [3.05, 3.63) is 53.6 Å². The third-order valence-electron chi connectivity index (χ3n) is 4.67. The minimum atomic E-state index is -0.347. The van der Waals surface area contributed by atoms with Crippen molar-refractivity contribution in [2.24, 2.45) is 0 Å². The standard InChI is InChI=1S/C19H19N3O3/c1-21-9-8-14-12-15(4-7-17(14)21)20-18(23)13-2-5-16(6-3-13)22-10-11-25-19(22)24/h2-7,12H,8-11H2,1H3,(H,20,23). The molecule has 6 nitrogen and oxygen atoms in total. The van der Waals surface area contributed by atoms with E-state index in [1.807, 2.05) is 18.2 Å². The molecule has 0 aromatic heterocycles. The van der Waals surface area contributed by atoms with Crippen LogP contribution in [0.25, 0.3) is 0 Å². The first kappa shape index (κ1) is 15.5. The number of ether oxygens (including phenoxy) is 1. The fourth-order valence-corrected chi connectivity index (χ4v) is 3.27. The van der Waals surface area contributed by atoms with Crippen molar-refractivity contribution >= 4 is 29.1 Å². The van der Waals surface area contributed by atoms with Gasteiger partial charge in [-0.05, 0) is 54.4 Å². The molecule has 6 heteroatoms. The summed E-state index contributed by atoms with van der Waals surface area (Å²) in [6.45, 7) is 1.94. The van der Waals surface area contributed by atoms with E-state index in [0.717, 1.165) is 24.3 Å². The molecule has 0 atom stereocenters. The minimum absolute atomic E-state index is 0.165. The number of hydrogen-bond donors (Lipinski definition) is 1. The average molecular weight is 337 g/mol. The van der Waals surface area contributed by atoms with Crippen LogP contribution < -0.4 is 15.1 Å². The van der Waals surface area contributed by atoms with Crippen LogP contribution in [0.3, 0.4) is 0 Å². The van der Waals surface area contributed by atoms with E-state index in [-0.39, 0.29) is 12.0 Å². The van der Waals surface area contributed by atoms with Gasteiger partial charge >= 0.3 is 6.09 Å². The molecule has 4 rings (SSSR count). The average Bonchev–Trinajstić information content (AvgIpc) is 3.21. The summed E-state index contributed by atoms with van der Waals surface area (Å²) in [5.74, 6) is -0.165. The Bertz CT molecular complexity index is 832. The molecule has 2 aliphatic rings. The van der Waals surface area contributed by atoms with Gasteiger partial charge in [-0.25, -0.2) is 4.79 Å². The van der Waals surface area contributed by atoms with Crippen molar-refractivity contribution in [3.8, 4) is 0 Å². The van der Waals surface area contributed by atoms with E-state index in [1.54, 1.807) is 29.2 Å². The predicted octanol–water partition coefficient (Wildman–Crippen LogP) is 2.89. The Hall–Kier alpha value is -3.02. The first-order chi connectivity index (χ1) is 12.1. The van der Waals surface area contributed by atoms with Gasteiger partial charge < -0.3 is 15.0 Å². The normalized spacial score (nSPS) is 16.0. The number of nitrogens with one attached hydrogen (secondary N) is 1. The minimum Gasteiger partial charge on any atom is -0.447 e. The van der Waals surface area contributed by atoms with Crippen molar-refractivity contribution in [2.45, 2.75) is 6.42 Å². The van der Waals surface area contributed by atoms with Crippen LogP contribution in [0.15, 0.2) is 42.5 Å². The highest BCUT2D eigenvalue weighted by molar-refractivity contribution is 6.04. The second-order valence-electron chi connectivity index (χ2n) is 6.28. The molecule has 25 heavy (non-hydrogen) atoms. The molecule has 0 saturated carbocycles. The molecule has 2 aromatic carbocycles. The number of anilines is 3. The predicted molar refractivity (Wildman–Crippen MR) is 96.5 cm³/mol. The maximum Gasteiger partial charge on any atom is 0.414 e. The Balaban J connectivity index is 1.47. The maximum atomic E-state index is 12.4. The van der Waals surface area contributed by atoms with Gasteiger partial charge in [0.25, 0.3) is 5.91 Å². The first-order valence-corrected chi connectivity index (χ1v) is 8.31. The summed E-state index contributed by atoms with van der Waals surface area (Å²) < 4.78 is 4.92. The highest BCUT2D eigenvalue weighted by Crippen LogP contribution is 2.29. The van der Waals surface area contributed by atoms with Gasteiger partial charge in [-0.3, -0.25) is 9.69 Å². The van der Waals surface area contributed by atoms with E-state index in [0.29, 0.717) is 18.7 Å². The summed E-state index contributed by atoms with van der Waals surface area (Å²) >= 11 is 0. The quantitative estimate of drug-likeness (QED) is 0.935. The van der Waals surface area contributed by atoms with Gasteiger partial charge in [0.15, 0.2) is 0 Å². The van der Waals surface area contributed by atoms with Gasteiger partial charge in [-0.15, -0.1) is 0 Å². The van der Waals surface area contributed by atoms with Gasteiger partial charge in [0, 0.05) is 36.2 Å². The zero-order valence-corrected chi connectivity index (χ0v) is 14.0. The number of cyclic esters (lactones) is 1. The van der Waals surface area contributed by atoms with Crippen LogP contribution in [0.5, 0.6) is 0 Å². The number of rotatable bonds is 3. The lowest BCUT2D eigenvalue weighted by atomic mass is 10.1. The molecule has 1 N–H and O–H groups in total. The summed E-state index contributed by atoms with van der Waals surface area (Å²) in [7, 11) is 2.07. The lowest BCUT2D eigenvalue weighted by Crippen LogP contribution is -2.23. The molecule has 0 aliphatic carbocycles. The summed E-state index contributed by atoms with van der Waals surface area (Å²) in [6.07, 6.45) is 0.649. The molecule has 1 fully saturated rings. The number of fused-ring (bicyclic) bond motifs is 1. The van der Waals surface area contributed by atoms with Crippen molar-refractivity contribution in [1.29, 1.82) is 0 Å². The third kappa shape index (κ3) is 2.91. The molecule has 0 unspecified atom stereocenters. The van der Waals surface area contributed by atoms with E-state index in [4.69, 9.17) is 4.74 Å². The summed E-state index contributed by atoms with van der Waals surface area (Å²) in [5.41, 5.74) is 4.56. The molecule has 2 amide bonds. The third-order valence-corrected chi connectivity index (χ3v) is 4.67. The molecular formula is C19H19N3O3. The van der Waals surface area contributed by atoms with Crippen LogP contribution in [0.2, 0.25) is 0 Å². The number of carbonyl (C=O) groups is 2. The van der Waals surface area contributed by atoms with Gasteiger partial charge in [-0.2, -0.15) is 0 Å². The topological polar surface area (TPSA) is 61.9 Å². The molecule has 128 valence electrons. The number of hydrogen-bond acceptors (Lipinski definition) is 4.